The molecule has 1 aliphatic carbocycles. The lowest BCUT2D eigenvalue weighted by molar-refractivity contribution is -0.115. The molecule has 1 aliphatic rings. The summed E-state index contributed by atoms with van der Waals surface area (Å²) in [4.78, 5) is 12.2. The second kappa shape index (κ2) is 7.88. The van der Waals surface area contributed by atoms with Crippen molar-refractivity contribution in [2.75, 3.05) is 19.0 Å². The summed E-state index contributed by atoms with van der Waals surface area (Å²) < 4.78 is 10.9. The number of rotatable bonds is 6. The molecule has 2 aromatic carbocycles. The van der Waals surface area contributed by atoms with Crippen LogP contribution in [0.15, 0.2) is 60.3 Å². The minimum Gasteiger partial charge on any atom is -0.497 e. The molecule has 0 spiro atoms. The zero-order valence-corrected chi connectivity index (χ0v) is 14.6. The normalized spacial score (nSPS) is 17.0. The van der Waals surface area contributed by atoms with Crippen LogP contribution in [0.4, 0.5) is 5.69 Å². The monoisotopic (exact) mass is 337 g/mol. The zero-order valence-electron chi connectivity index (χ0n) is 14.6. The molecule has 1 N–H and O–H groups in total. The van der Waals surface area contributed by atoms with Crippen LogP contribution in [0.5, 0.6) is 11.5 Å². The van der Waals surface area contributed by atoms with E-state index in [1.807, 2.05) is 55.5 Å². The van der Waals surface area contributed by atoms with Crippen molar-refractivity contribution in [3.8, 4) is 11.5 Å². The summed E-state index contributed by atoms with van der Waals surface area (Å²) >= 11 is 0. The Hall–Kier alpha value is -2.75. The number of carbonyl (C=O) groups is 1. The molecule has 0 fully saturated rings. The van der Waals surface area contributed by atoms with Crippen LogP contribution in [-0.2, 0) is 4.79 Å². The number of nitrogens with one attached hydrogen (secondary N) is 1. The third-order valence-electron chi connectivity index (χ3n) is 4.32. The van der Waals surface area contributed by atoms with Gasteiger partial charge in [0.2, 0.25) is 0 Å². The van der Waals surface area contributed by atoms with Crippen molar-refractivity contribution in [3.63, 3.8) is 0 Å². The third-order valence-corrected chi connectivity index (χ3v) is 4.32. The summed E-state index contributed by atoms with van der Waals surface area (Å²) in [6, 6.07) is 15.7. The van der Waals surface area contributed by atoms with Gasteiger partial charge in [-0.1, -0.05) is 24.3 Å². The second-order valence-electron chi connectivity index (χ2n) is 6.07. The first-order valence-corrected chi connectivity index (χ1v) is 8.55. The van der Waals surface area contributed by atoms with Gasteiger partial charge in [0.05, 0.1) is 19.4 Å². The van der Waals surface area contributed by atoms with E-state index >= 15 is 0 Å². The number of carbonyl (C=O) groups excluding carboxylic acids is 1. The Morgan fingerprint density at radius 2 is 1.84 bits per heavy atom. The number of ether oxygens (including phenoxy) is 2. The van der Waals surface area contributed by atoms with Crippen LogP contribution in [0.25, 0.3) is 0 Å². The van der Waals surface area contributed by atoms with Crippen LogP contribution in [0.1, 0.15) is 31.2 Å². The number of ketones is 1. The predicted molar refractivity (Wildman–Crippen MR) is 99.3 cm³/mol. The van der Waals surface area contributed by atoms with Gasteiger partial charge in [-0.3, -0.25) is 4.79 Å². The minimum atomic E-state index is 0.142. The molecule has 130 valence electrons. The van der Waals surface area contributed by atoms with E-state index in [1.54, 1.807) is 13.2 Å². The summed E-state index contributed by atoms with van der Waals surface area (Å²) in [5, 5.41) is 3.38. The van der Waals surface area contributed by atoms with Crippen LogP contribution in [0.2, 0.25) is 0 Å². The molecular weight excluding hydrogens is 314 g/mol. The first-order valence-electron chi connectivity index (χ1n) is 8.55. The summed E-state index contributed by atoms with van der Waals surface area (Å²) in [6.07, 6.45) is 3.03. The van der Waals surface area contributed by atoms with Crippen molar-refractivity contribution in [1.82, 2.24) is 0 Å². The Kier molecular flexibility index (Phi) is 5.39. The number of hydrogen-bond donors (Lipinski definition) is 1. The van der Waals surface area contributed by atoms with Crippen molar-refractivity contribution in [3.05, 3.63) is 65.9 Å². The highest BCUT2D eigenvalue weighted by Gasteiger charge is 2.23. The van der Waals surface area contributed by atoms with Crippen molar-refractivity contribution in [2.24, 2.45) is 0 Å². The standard InChI is InChI=1S/C21H23NO3/c1-3-25-21-7-5-4-6-20(21)22-17-12-16(13-18(23)14-17)15-8-10-19(24-2)11-9-15/h4-11,14,16,22H,3,12-13H2,1-2H3/t16-/m1/s1. The smallest absolute Gasteiger partial charge is 0.158 e. The van der Waals surface area contributed by atoms with E-state index in [-0.39, 0.29) is 11.7 Å². The van der Waals surface area contributed by atoms with E-state index in [9.17, 15) is 4.79 Å². The van der Waals surface area contributed by atoms with Gasteiger partial charge in [-0.15, -0.1) is 0 Å². The Balaban J connectivity index is 1.77. The minimum absolute atomic E-state index is 0.142. The van der Waals surface area contributed by atoms with Gasteiger partial charge >= 0.3 is 0 Å². The van der Waals surface area contributed by atoms with Gasteiger partial charge in [-0.2, -0.15) is 0 Å². The maximum Gasteiger partial charge on any atom is 0.158 e. The van der Waals surface area contributed by atoms with E-state index in [0.717, 1.165) is 34.9 Å². The molecule has 2 aromatic rings. The van der Waals surface area contributed by atoms with E-state index in [1.165, 1.54) is 0 Å². The average molecular weight is 337 g/mol. The van der Waals surface area contributed by atoms with Crippen molar-refractivity contribution in [1.29, 1.82) is 0 Å². The predicted octanol–water partition coefficient (Wildman–Crippen LogP) is 4.54. The SMILES string of the molecule is CCOc1ccccc1NC1=CC(=O)C[C@H](c2ccc(OC)cc2)C1. The van der Waals surface area contributed by atoms with Crippen molar-refractivity contribution in [2.45, 2.75) is 25.7 Å². The zero-order chi connectivity index (χ0) is 17.6. The van der Waals surface area contributed by atoms with Gasteiger partial charge in [0.25, 0.3) is 0 Å². The first kappa shape index (κ1) is 17.1. The maximum absolute atomic E-state index is 12.2. The van der Waals surface area contributed by atoms with Crippen LogP contribution in [-0.4, -0.2) is 19.5 Å². The fourth-order valence-corrected chi connectivity index (χ4v) is 3.12. The van der Waals surface area contributed by atoms with Crippen molar-refractivity contribution < 1.29 is 14.3 Å². The van der Waals surface area contributed by atoms with Crippen LogP contribution in [0.3, 0.4) is 0 Å². The Morgan fingerprint density at radius 3 is 2.56 bits per heavy atom. The summed E-state index contributed by atoms with van der Waals surface area (Å²) in [5.74, 6) is 1.93. The fraction of sp³-hybridized carbons (Fsp3) is 0.286. The molecule has 0 aliphatic heterocycles. The number of hydrogen-bond acceptors (Lipinski definition) is 4. The number of allylic oxidation sites excluding steroid dienone is 2. The lowest BCUT2D eigenvalue weighted by Gasteiger charge is -2.24. The molecule has 0 amide bonds. The van der Waals surface area contributed by atoms with Gasteiger partial charge in [0, 0.05) is 18.2 Å². The van der Waals surface area contributed by atoms with E-state index < -0.39 is 0 Å². The summed E-state index contributed by atoms with van der Waals surface area (Å²) in [6.45, 7) is 2.56. The Morgan fingerprint density at radius 1 is 1.08 bits per heavy atom. The summed E-state index contributed by atoms with van der Waals surface area (Å²) in [7, 11) is 1.65. The number of para-hydroxylation sites is 2. The fourth-order valence-electron chi connectivity index (χ4n) is 3.12. The molecule has 0 bridgehead atoms. The maximum atomic E-state index is 12.2. The number of methoxy groups -OCH3 is 1. The molecule has 25 heavy (non-hydrogen) atoms. The van der Waals surface area contributed by atoms with Gasteiger partial charge in [-0.05, 0) is 49.1 Å². The molecule has 4 nitrogen and oxygen atoms in total. The lowest BCUT2D eigenvalue weighted by Crippen LogP contribution is -2.17. The van der Waals surface area contributed by atoms with Crippen molar-refractivity contribution >= 4 is 11.5 Å². The molecule has 0 saturated carbocycles. The molecule has 3 rings (SSSR count). The third kappa shape index (κ3) is 4.21. The average Bonchev–Trinajstić information content (AvgIpc) is 2.63. The van der Waals surface area contributed by atoms with Gasteiger partial charge in [-0.25, -0.2) is 0 Å². The molecule has 0 aromatic heterocycles. The molecule has 4 heteroatoms. The molecule has 0 unspecified atom stereocenters. The number of anilines is 1. The van der Waals surface area contributed by atoms with Gasteiger partial charge in [0.15, 0.2) is 5.78 Å². The van der Waals surface area contributed by atoms with Crippen LogP contribution in [0, 0.1) is 0 Å². The molecule has 1 atom stereocenters. The highest BCUT2D eigenvalue weighted by Crippen LogP contribution is 2.34. The summed E-state index contributed by atoms with van der Waals surface area (Å²) in [5.41, 5.74) is 2.96. The van der Waals surface area contributed by atoms with Gasteiger partial charge < -0.3 is 14.8 Å². The Labute approximate surface area is 148 Å². The number of benzene rings is 2. The van der Waals surface area contributed by atoms with Crippen LogP contribution < -0.4 is 14.8 Å². The first-order chi connectivity index (χ1) is 12.2. The quantitative estimate of drug-likeness (QED) is 0.841. The highest BCUT2D eigenvalue weighted by atomic mass is 16.5. The topological polar surface area (TPSA) is 47.6 Å². The largest absolute Gasteiger partial charge is 0.497 e. The van der Waals surface area contributed by atoms with Gasteiger partial charge in [0.1, 0.15) is 11.5 Å². The van der Waals surface area contributed by atoms with E-state index in [0.29, 0.717) is 13.0 Å². The molecular formula is C21H23NO3. The highest BCUT2D eigenvalue weighted by molar-refractivity contribution is 5.92. The molecule has 0 heterocycles. The molecule has 0 radical (unpaired) electrons. The lowest BCUT2D eigenvalue weighted by atomic mass is 9.85. The molecule has 0 saturated heterocycles. The van der Waals surface area contributed by atoms with E-state index in [2.05, 4.69) is 5.32 Å². The van der Waals surface area contributed by atoms with Crippen LogP contribution >= 0.6 is 0 Å². The second-order valence-corrected chi connectivity index (χ2v) is 6.07. The Bertz CT molecular complexity index is 765. The van der Waals surface area contributed by atoms with E-state index in [4.69, 9.17) is 9.47 Å².